The number of aliphatic hydroxyl groups is 1. The lowest BCUT2D eigenvalue weighted by Crippen LogP contribution is -2.55. The van der Waals surface area contributed by atoms with E-state index in [2.05, 4.69) is 29.2 Å². The zero-order chi connectivity index (χ0) is 13.3. The lowest BCUT2D eigenvalue weighted by molar-refractivity contribution is -0.0853. The number of hydrogen-bond donors (Lipinski definition) is 2. The van der Waals surface area contributed by atoms with Crippen molar-refractivity contribution in [2.75, 3.05) is 19.6 Å². The summed E-state index contributed by atoms with van der Waals surface area (Å²) in [6.45, 7) is 3.42. The molecule has 1 saturated heterocycles. The first-order valence-electron chi connectivity index (χ1n) is 7.36. The lowest BCUT2D eigenvalue weighted by atomic mass is 9.78. The van der Waals surface area contributed by atoms with Gasteiger partial charge in [0.05, 0.1) is 5.60 Å². The molecular weight excluding hydrogens is 236 g/mol. The average molecular weight is 260 g/mol. The van der Waals surface area contributed by atoms with Crippen molar-refractivity contribution in [2.45, 2.75) is 37.8 Å². The van der Waals surface area contributed by atoms with E-state index >= 15 is 0 Å². The minimum absolute atomic E-state index is 0.0162. The molecule has 0 aromatic heterocycles. The van der Waals surface area contributed by atoms with Crippen LogP contribution in [0.5, 0.6) is 0 Å². The highest BCUT2D eigenvalue weighted by atomic mass is 16.3. The van der Waals surface area contributed by atoms with Crippen LogP contribution in [-0.4, -0.2) is 35.2 Å². The van der Waals surface area contributed by atoms with E-state index in [1.807, 2.05) is 6.07 Å². The number of nitrogens with zero attached hydrogens (tertiary/aromatic N) is 1. The molecule has 0 bridgehead atoms. The third-order valence-electron chi connectivity index (χ3n) is 5.03. The van der Waals surface area contributed by atoms with Gasteiger partial charge in [0.1, 0.15) is 0 Å². The van der Waals surface area contributed by atoms with Gasteiger partial charge in [-0.1, -0.05) is 30.3 Å². The Morgan fingerprint density at radius 2 is 1.89 bits per heavy atom. The Hall–Kier alpha value is -0.900. The Bertz CT molecular complexity index is 430. The summed E-state index contributed by atoms with van der Waals surface area (Å²) in [5, 5.41) is 11.0. The Labute approximate surface area is 115 Å². The number of nitrogens with two attached hydrogens (primary N) is 1. The van der Waals surface area contributed by atoms with Gasteiger partial charge in [0.2, 0.25) is 0 Å². The van der Waals surface area contributed by atoms with Crippen LogP contribution in [0.2, 0.25) is 0 Å². The lowest BCUT2D eigenvalue weighted by Gasteiger charge is -2.44. The summed E-state index contributed by atoms with van der Waals surface area (Å²) < 4.78 is 0. The maximum absolute atomic E-state index is 11.0. The third kappa shape index (κ3) is 2.42. The van der Waals surface area contributed by atoms with Crippen LogP contribution in [0, 0.1) is 5.41 Å². The molecule has 1 aromatic carbocycles. The van der Waals surface area contributed by atoms with Gasteiger partial charge in [0.15, 0.2) is 0 Å². The van der Waals surface area contributed by atoms with E-state index in [-0.39, 0.29) is 5.41 Å². The SMILES string of the molecule is NCC1(C2(O)CCCN(Cc3ccccc3)C2)CC1. The first-order valence-corrected chi connectivity index (χ1v) is 7.36. The Morgan fingerprint density at radius 1 is 1.16 bits per heavy atom. The number of likely N-dealkylation sites (tertiary alicyclic amines) is 1. The van der Waals surface area contributed by atoms with E-state index in [1.54, 1.807) is 0 Å². The second-order valence-electron chi connectivity index (χ2n) is 6.32. The third-order valence-corrected chi connectivity index (χ3v) is 5.03. The fraction of sp³-hybridized carbons (Fsp3) is 0.625. The molecule has 1 saturated carbocycles. The van der Waals surface area contributed by atoms with E-state index in [0.717, 1.165) is 45.3 Å². The second kappa shape index (κ2) is 4.89. The van der Waals surface area contributed by atoms with Gasteiger partial charge in [0, 0.05) is 25.0 Å². The van der Waals surface area contributed by atoms with Gasteiger partial charge >= 0.3 is 0 Å². The quantitative estimate of drug-likeness (QED) is 0.867. The number of rotatable bonds is 4. The summed E-state index contributed by atoms with van der Waals surface area (Å²) in [4.78, 5) is 2.38. The molecule has 104 valence electrons. The van der Waals surface area contributed by atoms with Crippen molar-refractivity contribution < 1.29 is 5.11 Å². The minimum Gasteiger partial charge on any atom is -0.388 e. The highest BCUT2D eigenvalue weighted by Gasteiger charge is 2.58. The highest BCUT2D eigenvalue weighted by Crippen LogP contribution is 2.56. The normalized spacial score (nSPS) is 30.2. The van der Waals surface area contributed by atoms with Gasteiger partial charge in [-0.3, -0.25) is 4.90 Å². The monoisotopic (exact) mass is 260 g/mol. The smallest absolute Gasteiger partial charge is 0.0842 e. The van der Waals surface area contributed by atoms with Crippen LogP contribution in [0.3, 0.4) is 0 Å². The first kappa shape index (κ1) is 13.1. The maximum Gasteiger partial charge on any atom is 0.0842 e. The molecule has 2 fully saturated rings. The van der Waals surface area contributed by atoms with Crippen LogP contribution in [0.1, 0.15) is 31.2 Å². The molecule has 1 unspecified atom stereocenters. The molecule has 0 amide bonds. The van der Waals surface area contributed by atoms with E-state index in [4.69, 9.17) is 5.73 Å². The van der Waals surface area contributed by atoms with Crippen LogP contribution in [-0.2, 0) is 6.54 Å². The van der Waals surface area contributed by atoms with Crippen molar-refractivity contribution in [3.8, 4) is 0 Å². The molecule has 19 heavy (non-hydrogen) atoms. The molecule has 3 rings (SSSR count). The first-order chi connectivity index (χ1) is 9.17. The molecule has 1 aliphatic carbocycles. The van der Waals surface area contributed by atoms with Gasteiger partial charge in [-0.25, -0.2) is 0 Å². The number of piperidine rings is 1. The summed E-state index contributed by atoms with van der Waals surface area (Å²) in [6, 6.07) is 10.5. The number of benzene rings is 1. The maximum atomic E-state index is 11.0. The van der Waals surface area contributed by atoms with E-state index in [9.17, 15) is 5.11 Å². The second-order valence-corrected chi connectivity index (χ2v) is 6.32. The van der Waals surface area contributed by atoms with Gasteiger partial charge < -0.3 is 10.8 Å². The fourth-order valence-corrected chi connectivity index (χ4v) is 3.54. The molecule has 2 aliphatic rings. The molecule has 3 heteroatoms. The Balaban J connectivity index is 1.68. The van der Waals surface area contributed by atoms with Crippen molar-refractivity contribution in [1.82, 2.24) is 4.90 Å². The van der Waals surface area contributed by atoms with E-state index in [1.165, 1.54) is 5.56 Å². The highest BCUT2D eigenvalue weighted by molar-refractivity contribution is 5.16. The molecule has 0 spiro atoms. The van der Waals surface area contributed by atoms with Crippen molar-refractivity contribution in [3.63, 3.8) is 0 Å². The van der Waals surface area contributed by atoms with Crippen LogP contribution >= 0.6 is 0 Å². The van der Waals surface area contributed by atoms with Crippen LogP contribution < -0.4 is 5.73 Å². The Kier molecular flexibility index (Phi) is 3.37. The number of β-amino-alcohol motifs (C(OH)–C–C–N with tert-alkyl or cyclic N) is 1. The van der Waals surface area contributed by atoms with E-state index < -0.39 is 5.60 Å². The molecule has 0 radical (unpaired) electrons. The molecular formula is C16H24N2O. The molecule has 1 heterocycles. The van der Waals surface area contributed by atoms with Crippen molar-refractivity contribution in [1.29, 1.82) is 0 Å². The predicted molar refractivity (Wildman–Crippen MR) is 76.6 cm³/mol. The van der Waals surface area contributed by atoms with Gasteiger partial charge in [-0.2, -0.15) is 0 Å². The predicted octanol–water partition coefficient (Wildman–Crippen LogP) is 1.75. The summed E-state index contributed by atoms with van der Waals surface area (Å²) in [6.07, 6.45) is 4.18. The van der Waals surface area contributed by atoms with Crippen LogP contribution in [0.25, 0.3) is 0 Å². The summed E-state index contributed by atoms with van der Waals surface area (Å²) in [5.74, 6) is 0. The molecule has 1 aliphatic heterocycles. The molecule has 3 N–H and O–H groups in total. The molecule has 3 nitrogen and oxygen atoms in total. The van der Waals surface area contributed by atoms with Crippen molar-refractivity contribution in [3.05, 3.63) is 35.9 Å². The fourth-order valence-electron chi connectivity index (χ4n) is 3.54. The van der Waals surface area contributed by atoms with Crippen molar-refractivity contribution in [2.24, 2.45) is 11.1 Å². The van der Waals surface area contributed by atoms with Gasteiger partial charge in [0.25, 0.3) is 0 Å². The van der Waals surface area contributed by atoms with Gasteiger partial charge in [-0.15, -0.1) is 0 Å². The molecule has 1 aromatic rings. The van der Waals surface area contributed by atoms with Crippen LogP contribution in [0.4, 0.5) is 0 Å². The largest absolute Gasteiger partial charge is 0.388 e. The zero-order valence-corrected chi connectivity index (χ0v) is 11.5. The Morgan fingerprint density at radius 3 is 2.53 bits per heavy atom. The zero-order valence-electron chi connectivity index (χ0n) is 11.5. The van der Waals surface area contributed by atoms with Crippen molar-refractivity contribution >= 4 is 0 Å². The summed E-state index contributed by atoms with van der Waals surface area (Å²) in [5.41, 5.74) is 6.68. The molecule has 1 atom stereocenters. The van der Waals surface area contributed by atoms with Crippen LogP contribution in [0.15, 0.2) is 30.3 Å². The minimum atomic E-state index is -0.561. The standard InChI is InChI=1S/C16H24N2O/c17-12-15(8-9-15)16(19)7-4-10-18(13-16)11-14-5-2-1-3-6-14/h1-3,5-6,19H,4,7-13,17H2. The summed E-state index contributed by atoms with van der Waals surface area (Å²) >= 11 is 0. The van der Waals surface area contributed by atoms with E-state index in [0.29, 0.717) is 6.54 Å². The summed E-state index contributed by atoms with van der Waals surface area (Å²) in [7, 11) is 0. The topological polar surface area (TPSA) is 49.5 Å². The average Bonchev–Trinajstić information content (AvgIpc) is 3.21. The van der Waals surface area contributed by atoms with Gasteiger partial charge in [-0.05, 0) is 37.8 Å². The number of hydrogen-bond acceptors (Lipinski definition) is 3.